The van der Waals surface area contributed by atoms with Gasteiger partial charge >= 0.3 is 5.69 Å². The highest BCUT2D eigenvalue weighted by Gasteiger charge is 2.23. The van der Waals surface area contributed by atoms with Crippen LogP contribution in [0.15, 0.2) is 69.9 Å². The molecule has 0 aliphatic carbocycles. The molecule has 0 radical (unpaired) electrons. The Bertz CT molecular complexity index is 1540. The number of rotatable bonds is 7. The predicted octanol–water partition coefficient (Wildman–Crippen LogP) is 2.44. The van der Waals surface area contributed by atoms with Gasteiger partial charge in [-0.2, -0.15) is 5.48 Å². The fourth-order valence-corrected chi connectivity index (χ4v) is 3.64. The number of aryl methyl sites for hydroxylation is 1. The van der Waals surface area contributed by atoms with E-state index in [1.165, 1.54) is 27.6 Å². The van der Waals surface area contributed by atoms with E-state index in [0.29, 0.717) is 45.1 Å². The van der Waals surface area contributed by atoms with Gasteiger partial charge in [0.1, 0.15) is 23.0 Å². The number of hydrogen-bond acceptors (Lipinski definition) is 7. The van der Waals surface area contributed by atoms with Crippen LogP contribution in [0.3, 0.4) is 0 Å². The van der Waals surface area contributed by atoms with Gasteiger partial charge in [-0.15, -0.1) is 5.10 Å². The van der Waals surface area contributed by atoms with Crippen molar-refractivity contribution in [2.45, 2.75) is 27.3 Å². The first-order chi connectivity index (χ1) is 16.7. The van der Waals surface area contributed by atoms with Crippen molar-refractivity contribution in [2.75, 3.05) is 5.73 Å². The molecule has 0 unspecified atom stereocenters. The maximum atomic E-state index is 13.7. The van der Waals surface area contributed by atoms with Gasteiger partial charge < -0.3 is 10.2 Å². The predicted molar refractivity (Wildman–Crippen MR) is 128 cm³/mol. The van der Waals surface area contributed by atoms with Crippen LogP contribution in [0.2, 0.25) is 0 Å². The van der Waals surface area contributed by atoms with Crippen LogP contribution in [-0.2, 0) is 6.54 Å². The molecule has 3 aromatic heterocycles. The van der Waals surface area contributed by atoms with Gasteiger partial charge in [-0.25, -0.2) is 33.4 Å². The summed E-state index contributed by atoms with van der Waals surface area (Å²) in [6, 6.07) is 5.75. The summed E-state index contributed by atoms with van der Waals surface area (Å²) in [6.07, 6.45) is 4.78. The molecular formula is C24H25FN7O3+. The molecule has 3 heterocycles. The number of fused-ring (bicyclic) bond motifs is 1. The van der Waals surface area contributed by atoms with Gasteiger partial charge in [0.2, 0.25) is 5.95 Å². The molecule has 4 aromatic rings. The monoisotopic (exact) mass is 478 g/mol. The van der Waals surface area contributed by atoms with Gasteiger partial charge in [-0.05, 0) is 43.7 Å². The Hall–Kier alpha value is -4.35. The number of anilines is 1. The third kappa shape index (κ3) is 4.67. The standard InChI is InChI=1S/C24H24FN7O3/c1-13(2)9-17(10-14(3)30-34)20-21(16-5-7-18(25)8-6-16)28-23(26)32-22(20)29-31(24(32)33)11-19-15(4)35-12-27-19/h5-10,12,30,34H,1,11H2,2-4H3,(H2,26,28)/p+1/b14-10-,17-9+. The van der Waals surface area contributed by atoms with Gasteiger partial charge in [0, 0.05) is 18.6 Å². The smallest absolute Gasteiger partial charge is 0.353 e. The average molecular weight is 479 g/mol. The molecule has 4 rings (SSSR count). The molecule has 35 heavy (non-hydrogen) atoms. The molecule has 0 atom stereocenters. The molecule has 0 saturated carbocycles. The number of allylic oxidation sites excluding steroid dienone is 5. The topological polar surface area (TPSA) is 141 Å². The lowest BCUT2D eigenvalue weighted by Gasteiger charge is -2.13. The Morgan fingerprint density at radius 1 is 1.29 bits per heavy atom. The van der Waals surface area contributed by atoms with Crippen LogP contribution in [0.4, 0.5) is 10.3 Å². The Morgan fingerprint density at radius 2 is 2.00 bits per heavy atom. The first-order valence-electron chi connectivity index (χ1n) is 10.7. The molecule has 0 spiro atoms. The molecule has 0 fully saturated rings. The molecule has 180 valence electrons. The number of nitrogens with zero attached hydrogens (tertiary/aromatic N) is 5. The van der Waals surface area contributed by atoms with Crippen LogP contribution in [0.1, 0.15) is 30.9 Å². The van der Waals surface area contributed by atoms with Gasteiger partial charge in [-0.1, -0.05) is 18.2 Å². The van der Waals surface area contributed by atoms with Crippen LogP contribution in [0.25, 0.3) is 22.5 Å². The zero-order valence-corrected chi connectivity index (χ0v) is 19.5. The summed E-state index contributed by atoms with van der Waals surface area (Å²) < 4.78 is 21.3. The Kier molecular flexibility index (Phi) is 6.45. The Morgan fingerprint density at radius 3 is 2.60 bits per heavy atom. The van der Waals surface area contributed by atoms with Crippen molar-refractivity contribution in [2.24, 2.45) is 0 Å². The first-order valence-corrected chi connectivity index (χ1v) is 10.7. The van der Waals surface area contributed by atoms with Crippen LogP contribution >= 0.6 is 0 Å². The van der Waals surface area contributed by atoms with E-state index < -0.39 is 11.5 Å². The number of quaternary nitrogens is 1. The number of aromatic nitrogens is 5. The summed E-state index contributed by atoms with van der Waals surface area (Å²) >= 11 is 0. The van der Waals surface area contributed by atoms with Crippen molar-refractivity contribution >= 4 is 17.2 Å². The second kappa shape index (κ2) is 9.49. The number of nitrogens with two attached hydrogens (primary N) is 2. The summed E-state index contributed by atoms with van der Waals surface area (Å²) in [5, 5.41) is 14.1. The van der Waals surface area contributed by atoms with Gasteiger partial charge in [0.25, 0.3) is 0 Å². The lowest BCUT2D eigenvalue weighted by Crippen LogP contribution is -2.77. The summed E-state index contributed by atoms with van der Waals surface area (Å²) in [7, 11) is 0. The zero-order chi connectivity index (χ0) is 25.3. The summed E-state index contributed by atoms with van der Waals surface area (Å²) in [5.41, 5.74) is 10.7. The summed E-state index contributed by atoms with van der Waals surface area (Å²) in [4.78, 5) is 21.9. The van der Waals surface area contributed by atoms with Crippen LogP contribution < -0.4 is 16.9 Å². The molecule has 0 saturated heterocycles. The minimum Gasteiger partial charge on any atom is -0.448 e. The molecular weight excluding hydrogens is 453 g/mol. The van der Waals surface area contributed by atoms with Gasteiger partial charge in [0.15, 0.2) is 12.0 Å². The van der Waals surface area contributed by atoms with Crippen molar-refractivity contribution in [1.29, 1.82) is 0 Å². The molecule has 10 nitrogen and oxygen atoms in total. The van der Waals surface area contributed by atoms with E-state index in [-0.39, 0.29) is 18.1 Å². The lowest BCUT2D eigenvalue weighted by atomic mass is 9.97. The fraction of sp³-hybridized carbons (Fsp3) is 0.167. The summed E-state index contributed by atoms with van der Waals surface area (Å²) in [5.74, 6) is 0.0728. The van der Waals surface area contributed by atoms with Gasteiger partial charge in [0.05, 0.1) is 17.8 Å². The molecule has 5 N–H and O–H groups in total. The number of hydrogen-bond donors (Lipinski definition) is 3. The van der Waals surface area contributed by atoms with E-state index in [1.54, 1.807) is 38.1 Å². The third-order valence-electron chi connectivity index (χ3n) is 5.29. The van der Waals surface area contributed by atoms with Crippen LogP contribution in [0.5, 0.6) is 0 Å². The number of oxazole rings is 1. The number of hydroxylamine groups is 1. The second-order valence-electron chi connectivity index (χ2n) is 8.12. The van der Waals surface area contributed by atoms with Crippen molar-refractivity contribution in [3.05, 3.63) is 94.0 Å². The average Bonchev–Trinajstić information content (AvgIpc) is 3.36. The van der Waals surface area contributed by atoms with E-state index in [2.05, 4.69) is 21.6 Å². The maximum Gasteiger partial charge on any atom is 0.353 e. The number of halogens is 1. The maximum absolute atomic E-state index is 13.7. The first kappa shape index (κ1) is 23.8. The summed E-state index contributed by atoms with van der Waals surface area (Å²) in [6.45, 7) is 9.28. The third-order valence-corrected chi connectivity index (χ3v) is 5.29. The van der Waals surface area contributed by atoms with Gasteiger partial charge in [-0.3, -0.25) is 0 Å². The molecule has 0 amide bonds. The lowest BCUT2D eigenvalue weighted by molar-refractivity contribution is -0.850. The van der Waals surface area contributed by atoms with E-state index in [0.717, 1.165) is 5.48 Å². The van der Waals surface area contributed by atoms with Crippen molar-refractivity contribution in [3.8, 4) is 11.3 Å². The highest BCUT2D eigenvalue weighted by atomic mass is 19.1. The Labute approximate surface area is 199 Å². The second-order valence-corrected chi connectivity index (χ2v) is 8.12. The van der Waals surface area contributed by atoms with Crippen molar-refractivity contribution in [1.82, 2.24) is 24.1 Å². The SMILES string of the molecule is C=C(C)/C=C(\C=C(\C)[NH2+]O)c1c(-c2ccc(F)cc2)nc(N)n2c(=O)n(Cc3ncoc3C)nc12. The van der Waals surface area contributed by atoms with Crippen molar-refractivity contribution < 1.29 is 19.5 Å². The number of nitrogen functional groups attached to an aromatic ring is 1. The van der Waals surface area contributed by atoms with E-state index in [9.17, 15) is 14.4 Å². The van der Waals surface area contributed by atoms with Crippen LogP contribution in [-0.4, -0.2) is 29.4 Å². The zero-order valence-electron chi connectivity index (χ0n) is 19.5. The molecule has 0 bridgehead atoms. The highest BCUT2D eigenvalue weighted by Crippen LogP contribution is 2.33. The van der Waals surface area contributed by atoms with E-state index in [4.69, 9.17) is 10.2 Å². The highest BCUT2D eigenvalue weighted by molar-refractivity contribution is 5.92. The van der Waals surface area contributed by atoms with E-state index >= 15 is 0 Å². The fourth-order valence-electron chi connectivity index (χ4n) is 3.64. The number of benzene rings is 1. The Balaban J connectivity index is 2.09. The van der Waals surface area contributed by atoms with Crippen LogP contribution in [0, 0.1) is 12.7 Å². The minimum atomic E-state index is -0.511. The molecule has 11 heteroatoms. The molecule has 0 aliphatic heterocycles. The minimum absolute atomic E-state index is 0.0619. The normalized spacial score (nSPS) is 12.5. The molecule has 0 aliphatic rings. The molecule has 1 aromatic carbocycles. The van der Waals surface area contributed by atoms with Crippen molar-refractivity contribution in [3.63, 3.8) is 0 Å². The van der Waals surface area contributed by atoms with E-state index in [1.807, 2.05) is 6.92 Å². The quantitative estimate of drug-likeness (QED) is 0.274. The largest absolute Gasteiger partial charge is 0.448 e.